The summed E-state index contributed by atoms with van der Waals surface area (Å²) in [5.41, 5.74) is 3.69. The molecule has 2 aliphatic rings. The Kier molecular flexibility index (Phi) is 2.47. The Morgan fingerprint density at radius 1 is 1.32 bits per heavy atom. The number of hydrogen-bond acceptors (Lipinski definition) is 3. The highest BCUT2D eigenvalue weighted by atomic mass is 16.5. The lowest BCUT2D eigenvalue weighted by Crippen LogP contribution is -2.37. The molecule has 1 aromatic carbocycles. The molecule has 0 spiro atoms. The monoisotopic (exact) mass is 256 g/mol. The Balaban J connectivity index is 1.84. The molecule has 3 heterocycles. The molecule has 0 aliphatic carbocycles. The molecule has 0 bridgehead atoms. The maximum absolute atomic E-state index is 10.3. The van der Waals surface area contributed by atoms with E-state index < -0.39 is 6.10 Å². The normalized spacial score (nSPS) is 29.0. The summed E-state index contributed by atoms with van der Waals surface area (Å²) in [6, 6.07) is 8.60. The van der Waals surface area contributed by atoms with E-state index in [0.29, 0.717) is 6.61 Å². The van der Waals surface area contributed by atoms with Crippen LogP contribution in [0, 0.1) is 5.92 Å². The summed E-state index contributed by atoms with van der Waals surface area (Å²) in [5.74, 6) is 0.199. The summed E-state index contributed by atoms with van der Waals surface area (Å²) in [4.78, 5) is 4.26. The fourth-order valence-corrected chi connectivity index (χ4v) is 3.42. The number of rotatable bonds is 1. The lowest BCUT2D eigenvalue weighted by atomic mass is 9.85. The van der Waals surface area contributed by atoms with E-state index >= 15 is 0 Å². The van der Waals surface area contributed by atoms with Crippen molar-refractivity contribution in [3.05, 3.63) is 42.4 Å². The molecular weight excluding hydrogens is 240 g/mol. The molecule has 1 aromatic heterocycles. The highest BCUT2D eigenvalue weighted by molar-refractivity contribution is 5.69. The first kappa shape index (κ1) is 11.2. The standard InChI is InChI=1S/C15H16N2O2/c18-14-8-19-6-5-12(14)15-11-4-2-1-3-10(11)13-7-16-9-17(13)15/h1-4,7,9,12,14-15,18H,5-6,8H2/t12-,14+,15?/m0/s1. The van der Waals surface area contributed by atoms with E-state index in [9.17, 15) is 5.11 Å². The number of benzene rings is 1. The van der Waals surface area contributed by atoms with Gasteiger partial charge in [0.15, 0.2) is 0 Å². The molecule has 4 rings (SSSR count). The van der Waals surface area contributed by atoms with Gasteiger partial charge in [0.25, 0.3) is 0 Å². The maximum Gasteiger partial charge on any atom is 0.0956 e. The minimum absolute atomic E-state index is 0.188. The predicted molar refractivity (Wildman–Crippen MR) is 70.7 cm³/mol. The number of nitrogens with zero attached hydrogens (tertiary/aromatic N) is 2. The van der Waals surface area contributed by atoms with Crippen molar-refractivity contribution in [2.24, 2.45) is 5.92 Å². The second-order valence-electron chi connectivity index (χ2n) is 5.31. The zero-order chi connectivity index (χ0) is 12.8. The van der Waals surface area contributed by atoms with Crippen LogP contribution in [-0.2, 0) is 4.74 Å². The van der Waals surface area contributed by atoms with E-state index in [1.54, 1.807) is 0 Å². The number of aliphatic hydroxyl groups is 1. The van der Waals surface area contributed by atoms with Gasteiger partial charge in [-0.2, -0.15) is 0 Å². The molecule has 98 valence electrons. The number of ether oxygens (including phenoxy) is 1. The molecule has 1 N–H and O–H groups in total. The van der Waals surface area contributed by atoms with E-state index in [2.05, 4.69) is 33.8 Å². The second kappa shape index (κ2) is 4.18. The third-order valence-corrected chi connectivity index (χ3v) is 4.31. The third-order valence-electron chi connectivity index (χ3n) is 4.31. The quantitative estimate of drug-likeness (QED) is 0.847. The molecule has 1 saturated heterocycles. The summed E-state index contributed by atoms with van der Waals surface area (Å²) >= 11 is 0. The Morgan fingerprint density at radius 3 is 3.11 bits per heavy atom. The van der Waals surface area contributed by atoms with Gasteiger partial charge in [0.2, 0.25) is 0 Å². The molecule has 2 aromatic rings. The predicted octanol–water partition coefficient (Wildman–Crippen LogP) is 1.85. The Morgan fingerprint density at radius 2 is 2.21 bits per heavy atom. The molecule has 3 atom stereocenters. The van der Waals surface area contributed by atoms with Crippen LogP contribution in [-0.4, -0.2) is 34.0 Å². The molecule has 4 nitrogen and oxygen atoms in total. The number of imidazole rings is 1. The summed E-state index contributed by atoms with van der Waals surface area (Å²) in [6.45, 7) is 1.16. The van der Waals surface area contributed by atoms with Gasteiger partial charge in [-0.05, 0) is 12.0 Å². The molecule has 19 heavy (non-hydrogen) atoms. The van der Waals surface area contributed by atoms with E-state index in [0.717, 1.165) is 18.7 Å². The van der Waals surface area contributed by atoms with Crippen molar-refractivity contribution < 1.29 is 9.84 Å². The topological polar surface area (TPSA) is 47.3 Å². The molecule has 0 radical (unpaired) electrons. The SMILES string of the molecule is O[C@@H]1COCC[C@@H]1C1c2ccccc2-c2cncn21. The average molecular weight is 256 g/mol. The fraction of sp³-hybridized carbons (Fsp3) is 0.400. The van der Waals surface area contributed by atoms with Gasteiger partial charge in [-0.15, -0.1) is 0 Å². The molecule has 0 amide bonds. The van der Waals surface area contributed by atoms with Gasteiger partial charge in [-0.3, -0.25) is 0 Å². The van der Waals surface area contributed by atoms with Crippen LogP contribution >= 0.6 is 0 Å². The van der Waals surface area contributed by atoms with Crippen LogP contribution in [0.25, 0.3) is 11.3 Å². The van der Waals surface area contributed by atoms with Crippen LogP contribution in [0.4, 0.5) is 0 Å². The van der Waals surface area contributed by atoms with Crippen LogP contribution in [0.15, 0.2) is 36.8 Å². The molecule has 4 heteroatoms. The summed E-state index contributed by atoms with van der Waals surface area (Å²) in [5, 5.41) is 10.3. The largest absolute Gasteiger partial charge is 0.390 e. The van der Waals surface area contributed by atoms with Gasteiger partial charge in [-0.25, -0.2) is 4.98 Å². The van der Waals surface area contributed by atoms with Gasteiger partial charge in [0.1, 0.15) is 0 Å². The zero-order valence-corrected chi connectivity index (χ0v) is 10.6. The third kappa shape index (κ3) is 1.57. The summed E-state index contributed by atoms with van der Waals surface area (Å²) in [7, 11) is 0. The van der Waals surface area contributed by atoms with Gasteiger partial charge in [0, 0.05) is 18.1 Å². The van der Waals surface area contributed by atoms with Crippen LogP contribution in [0.2, 0.25) is 0 Å². The molecule has 0 saturated carbocycles. The number of aliphatic hydroxyl groups excluding tert-OH is 1. The van der Waals surface area contributed by atoms with Crippen molar-refractivity contribution in [3.63, 3.8) is 0 Å². The smallest absolute Gasteiger partial charge is 0.0956 e. The summed E-state index contributed by atoms with van der Waals surface area (Å²) < 4.78 is 7.55. The lowest BCUT2D eigenvalue weighted by Gasteiger charge is -2.33. The Hall–Kier alpha value is -1.65. The first-order valence-corrected chi connectivity index (χ1v) is 6.73. The van der Waals surface area contributed by atoms with Crippen molar-refractivity contribution in [1.82, 2.24) is 9.55 Å². The minimum atomic E-state index is -0.403. The van der Waals surface area contributed by atoms with Crippen LogP contribution in [0.3, 0.4) is 0 Å². The molecule has 2 aliphatic heterocycles. The number of aromatic nitrogens is 2. The Labute approximate surface area is 111 Å². The molecule has 1 fully saturated rings. The Bertz CT molecular complexity index is 608. The second-order valence-corrected chi connectivity index (χ2v) is 5.31. The lowest BCUT2D eigenvalue weighted by molar-refractivity contribution is -0.0540. The average Bonchev–Trinajstić information content (AvgIpc) is 3.00. The first-order valence-electron chi connectivity index (χ1n) is 6.73. The van der Waals surface area contributed by atoms with E-state index in [4.69, 9.17) is 4.74 Å². The highest BCUT2D eigenvalue weighted by Crippen LogP contribution is 2.45. The van der Waals surface area contributed by atoms with Crippen molar-refractivity contribution in [3.8, 4) is 11.3 Å². The van der Waals surface area contributed by atoms with Crippen LogP contribution in [0.1, 0.15) is 18.0 Å². The van der Waals surface area contributed by atoms with Crippen molar-refractivity contribution >= 4 is 0 Å². The van der Waals surface area contributed by atoms with E-state index in [-0.39, 0.29) is 12.0 Å². The summed E-state index contributed by atoms with van der Waals surface area (Å²) in [6.07, 6.45) is 4.27. The van der Waals surface area contributed by atoms with Crippen LogP contribution in [0.5, 0.6) is 0 Å². The van der Waals surface area contributed by atoms with Gasteiger partial charge < -0.3 is 14.4 Å². The first-order chi connectivity index (χ1) is 9.36. The van der Waals surface area contributed by atoms with Crippen molar-refractivity contribution in [2.75, 3.05) is 13.2 Å². The van der Waals surface area contributed by atoms with Gasteiger partial charge in [-0.1, -0.05) is 24.3 Å². The van der Waals surface area contributed by atoms with Gasteiger partial charge >= 0.3 is 0 Å². The minimum Gasteiger partial charge on any atom is -0.390 e. The molecular formula is C15H16N2O2. The molecule has 1 unspecified atom stereocenters. The highest BCUT2D eigenvalue weighted by Gasteiger charge is 2.38. The van der Waals surface area contributed by atoms with Crippen LogP contribution < -0.4 is 0 Å². The number of hydrogen-bond donors (Lipinski definition) is 1. The van der Waals surface area contributed by atoms with Crippen molar-refractivity contribution in [1.29, 1.82) is 0 Å². The number of fused-ring (bicyclic) bond motifs is 3. The van der Waals surface area contributed by atoms with Gasteiger partial charge in [0.05, 0.1) is 37.0 Å². The van der Waals surface area contributed by atoms with Crippen molar-refractivity contribution in [2.45, 2.75) is 18.6 Å². The maximum atomic E-state index is 10.3. The van der Waals surface area contributed by atoms with E-state index in [1.807, 2.05) is 12.5 Å². The van der Waals surface area contributed by atoms with E-state index in [1.165, 1.54) is 11.1 Å². The fourth-order valence-electron chi connectivity index (χ4n) is 3.42. The zero-order valence-electron chi connectivity index (χ0n) is 10.6.